The van der Waals surface area contributed by atoms with Crippen LogP contribution in [-0.4, -0.2) is 26.4 Å². The van der Waals surface area contributed by atoms with Crippen LogP contribution >= 0.6 is 27.7 Å². The summed E-state index contributed by atoms with van der Waals surface area (Å²) in [5.74, 6) is 1.70. The largest absolute Gasteiger partial charge is 0.486 e. The molecule has 0 atom stereocenters. The normalized spacial score (nSPS) is 10.8. The highest BCUT2D eigenvalue weighted by Gasteiger charge is 2.15. The zero-order valence-corrected chi connectivity index (χ0v) is 19.0. The molecule has 0 saturated carbocycles. The summed E-state index contributed by atoms with van der Waals surface area (Å²) >= 11 is 4.84. The van der Waals surface area contributed by atoms with Crippen molar-refractivity contribution in [2.24, 2.45) is 0 Å². The molecule has 3 rings (SSSR count). The Morgan fingerprint density at radius 3 is 2.52 bits per heavy atom. The van der Waals surface area contributed by atoms with Crippen molar-refractivity contribution >= 4 is 39.3 Å². The monoisotopic (exact) mass is 474 g/mol. The number of para-hydroxylation sites is 1. The maximum absolute atomic E-state index is 12.5. The van der Waals surface area contributed by atoms with Crippen molar-refractivity contribution in [1.82, 2.24) is 14.8 Å². The Kier molecular flexibility index (Phi) is 7.33. The van der Waals surface area contributed by atoms with Gasteiger partial charge in [-0.05, 0) is 56.2 Å². The predicted molar refractivity (Wildman–Crippen MR) is 119 cm³/mol. The third-order valence-electron chi connectivity index (χ3n) is 4.32. The molecule has 1 heterocycles. The van der Waals surface area contributed by atoms with Crippen LogP contribution in [0, 0.1) is 13.8 Å². The van der Waals surface area contributed by atoms with Crippen LogP contribution in [0.3, 0.4) is 0 Å². The third-order valence-corrected chi connectivity index (χ3v) is 5.74. The minimum Gasteiger partial charge on any atom is -0.486 e. The first-order valence-corrected chi connectivity index (χ1v) is 11.0. The lowest BCUT2D eigenvalue weighted by Gasteiger charge is -2.12. The number of aromatic nitrogens is 3. The van der Waals surface area contributed by atoms with E-state index in [4.69, 9.17) is 4.74 Å². The molecule has 1 amide bonds. The van der Waals surface area contributed by atoms with E-state index in [1.54, 1.807) is 0 Å². The number of amides is 1. The SMILES string of the molecule is CCn1c(COc2ccccc2)nnc1SCC(=O)Nc1c(C)cc(Br)cc1C. The van der Waals surface area contributed by atoms with Gasteiger partial charge in [0.25, 0.3) is 0 Å². The first kappa shape index (κ1) is 21.4. The number of halogens is 1. The lowest BCUT2D eigenvalue weighted by Crippen LogP contribution is -2.16. The van der Waals surface area contributed by atoms with Crippen molar-refractivity contribution < 1.29 is 9.53 Å². The standard InChI is InChI=1S/C21H23BrN4O2S/c1-4-26-18(12-28-17-8-6-5-7-9-17)24-25-21(26)29-13-19(27)23-20-14(2)10-16(22)11-15(20)3/h5-11H,4,12-13H2,1-3H3,(H,23,27). The van der Waals surface area contributed by atoms with E-state index in [2.05, 4.69) is 31.4 Å². The summed E-state index contributed by atoms with van der Waals surface area (Å²) in [5.41, 5.74) is 2.90. The molecular formula is C21H23BrN4O2S. The highest BCUT2D eigenvalue weighted by molar-refractivity contribution is 9.10. The first-order valence-electron chi connectivity index (χ1n) is 9.27. The van der Waals surface area contributed by atoms with Gasteiger partial charge < -0.3 is 14.6 Å². The highest BCUT2D eigenvalue weighted by atomic mass is 79.9. The topological polar surface area (TPSA) is 69.0 Å². The van der Waals surface area contributed by atoms with Crippen LogP contribution in [0.25, 0.3) is 0 Å². The summed E-state index contributed by atoms with van der Waals surface area (Å²) in [7, 11) is 0. The average molecular weight is 475 g/mol. The molecule has 0 fully saturated rings. The molecule has 8 heteroatoms. The van der Waals surface area contributed by atoms with Crippen LogP contribution in [0.5, 0.6) is 5.75 Å². The highest BCUT2D eigenvalue weighted by Crippen LogP contribution is 2.26. The van der Waals surface area contributed by atoms with E-state index in [1.807, 2.05) is 67.8 Å². The van der Waals surface area contributed by atoms with Gasteiger partial charge in [-0.3, -0.25) is 4.79 Å². The van der Waals surface area contributed by atoms with E-state index < -0.39 is 0 Å². The number of nitrogens with one attached hydrogen (secondary N) is 1. The van der Waals surface area contributed by atoms with Crippen LogP contribution in [-0.2, 0) is 17.9 Å². The molecule has 152 valence electrons. The van der Waals surface area contributed by atoms with E-state index >= 15 is 0 Å². The molecule has 0 aliphatic heterocycles. The average Bonchev–Trinajstić information content (AvgIpc) is 3.10. The molecule has 1 N–H and O–H groups in total. The summed E-state index contributed by atoms with van der Waals surface area (Å²) in [5, 5.41) is 12.2. The molecule has 3 aromatic rings. The van der Waals surface area contributed by atoms with Crippen LogP contribution in [0.1, 0.15) is 23.9 Å². The molecular weight excluding hydrogens is 452 g/mol. The van der Waals surface area contributed by atoms with Crippen molar-refractivity contribution in [2.45, 2.75) is 39.1 Å². The van der Waals surface area contributed by atoms with Crippen molar-refractivity contribution in [1.29, 1.82) is 0 Å². The Bertz CT molecular complexity index is 969. The second kappa shape index (κ2) is 9.93. The van der Waals surface area contributed by atoms with E-state index in [0.717, 1.165) is 32.9 Å². The van der Waals surface area contributed by atoms with E-state index in [0.29, 0.717) is 18.3 Å². The van der Waals surface area contributed by atoms with E-state index in [1.165, 1.54) is 11.8 Å². The number of thioether (sulfide) groups is 1. The van der Waals surface area contributed by atoms with Gasteiger partial charge in [0.05, 0.1) is 5.75 Å². The van der Waals surface area contributed by atoms with Crippen molar-refractivity contribution in [3.8, 4) is 5.75 Å². The minimum atomic E-state index is -0.0729. The number of ether oxygens (including phenoxy) is 1. The number of hydrogen-bond donors (Lipinski definition) is 1. The summed E-state index contributed by atoms with van der Waals surface area (Å²) in [4.78, 5) is 12.5. The summed E-state index contributed by atoms with van der Waals surface area (Å²) in [6.07, 6.45) is 0. The number of hydrogen-bond acceptors (Lipinski definition) is 5. The van der Waals surface area contributed by atoms with E-state index in [-0.39, 0.29) is 11.7 Å². The van der Waals surface area contributed by atoms with Crippen LogP contribution in [0.15, 0.2) is 52.1 Å². The van der Waals surface area contributed by atoms with Crippen LogP contribution < -0.4 is 10.1 Å². The Balaban J connectivity index is 1.60. The number of nitrogens with zero attached hydrogens (tertiary/aromatic N) is 3. The zero-order valence-electron chi connectivity index (χ0n) is 16.6. The fourth-order valence-corrected chi connectivity index (χ4v) is 4.44. The Hall–Kier alpha value is -2.32. The molecule has 0 saturated heterocycles. The molecule has 1 aromatic heterocycles. The Labute approximate surface area is 183 Å². The van der Waals surface area contributed by atoms with Gasteiger partial charge in [0, 0.05) is 16.7 Å². The molecule has 0 unspecified atom stereocenters. The second-order valence-electron chi connectivity index (χ2n) is 6.50. The van der Waals surface area contributed by atoms with Crippen LogP contribution in [0.4, 0.5) is 5.69 Å². The molecule has 2 aromatic carbocycles. The van der Waals surface area contributed by atoms with Gasteiger partial charge in [0.1, 0.15) is 12.4 Å². The molecule has 0 spiro atoms. The first-order chi connectivity index (χ1) is 14.0. The smallest absolute Gasteiger partial charge is 0.234 e. The van der Waals surface area contributed by atoms with Crippen molar-refractivity contribution in [3.63, 3.8) is 0 Å². The second-order valence-corrected chi connectivity index (χ2v) is 8.35. The number of anilines is 1. The lowest BCUT2D eigenvalue weighted by atomic mass is 10.1. The fraction of sp³-hybridized carbons (Fsp3) is 0.286. The van der Waals surface area contributed by atoms with Gasteiger partial charge in [0.2, 0.25) is 5.91 Å². The number of carbonyl (C=O) groups is 1. The third kappa shape index (κ3) is 5.61. The van der Waals surface area contributed by atoms with Gasteiger partial charge in [-0.25, -0.2) is 0 Å². The molecule has 29 heavy (non-hydrogen) atoms. The Morgan fingerprint density at radius 2 is 1.86 bits per heavy atom. The number of rotatable bonds is 8. The van der Waals surface area contributed by atoms with E-state index in [9.17, 15) is 4.79 Å². The fourth-order valence-electron chi connectivity index (χ4n) is 2.93. The molecule has 0 aliphatic rings. The predicted octanol–water partition coefficient (Wildman–Crippen LogP) is 4.99. The van der Waals surface area contributed by atoms with Gasteiger partial charge in [-0.2, -0.15) is 0 Å². The lowest BCUT2D eigenvalue weighted by molar-refractivity contribution is -0.113. The molecule has 0 bridgehead atoms. The summed E-state index contributed by atoms with van der Waals surface area (Å²) < 4.78 is 8.74. The van der Waals surface area contributed by atoms with Gasteiger partial charge >= 0.3 is 0 Å². The quantitative estimate of drug-likeness (QED) is 0.465. The van der Waals surface area contributed by atoms with Crippen LogP contribution in [0.2, 0.25) is 0 Å². The van der Waals surface area contributed by atoms with Gasteiger partial charge in [-0.15, -0.1) is 10.2 Å². The van der Waals surface area contributed by atoms with Crippen molar-refractivity contribution in [2.75, 3.05) is 11.1 Å². The number of aryl methyl sites for hydroxylation is 2. The summed E-state index contributed by atoms with van der Waals surface area (Å²) in [6, 6.07) is 13.6. The van der Waals surface area contributed by atoms with Gasteiger partial charge in [-0.1, -0.05) is 45.9 Å². The minimum absolute atomic E-state index is 0.0729. The summed E-state index contributed by atoms with van der Waals surface area (Å²) in [6.45, 7) is 7.01. The maximum atomic E-state index is 12.5. The van der Waals surface area contributed by atoms with Gasteiger partial charge in [0.15, 0.2) is 11.0 Å². The maximum Gasteiger partial charge on any atom is 0.234 e. The number of carbonyl (C=O) groups excluding carboxylic acids is 1. The molecule has 6 nitrogen and oxygen atoms in total. The molecule has 0 radical (unpaired) electrons. The Morgan fingerprint density at radius 1 is 1.17 bits per heavy atom. The molecule has 0 aliphatic carbocycles. The zero-order chi connectivity index (χ0) is 20.8. The number of benzene rings is 2. The van der Waals surface area contributed by atoms with Crippen molar-refractivity contribution in [3.05, 3.63) is 63.9 Å².